The maximum atomic E-state index is 12.9. The van der Waals surface area contributed by atoms with Gasteiger partial charge in [0.05, 0.1) is 11.0 Å². The molecule has 1 N–H and O–H groups in total. The maximum absolute atomic E-state index is 12.9. The van der Waals surface area contributed by atoms with Gasteiger partial charge in [-0.1, -0.05) is 0 Å². The fourth-order valence-electron chi connectivity index (χ4n) is 2.93. The van der Waals surface area contributed by atoms with E-state index in [1.807, 2.05) is 7.05 Å². The Kier molecular flexibility index (Phi) is 4.61. The second-order valence-electron chi connectivity index (χ2n) is 5.69. The molecular weight excluding hydrogens is 338 g/mol. The number of ether oxygens (including phenoxy) is 2. The second kappa shape index (κ2) is 6.54. The minimum atomic E-state index is -3.97. The summed E-state index contributed by atoms with van der Waals surface area (Å²) in [6, 6.07) is 2.58. The molecule has 0 bridgehead atoms. The van der Waals surface area contributed by atoms with Crippen molar-refractivity contribution < 1.29 is 22.8 Å². The summed E-state index contributed by atoms with van der Waals surface area (Å²) in [5.74, 6) is 0.413. The Morgan fingerprint density at radius 3 is 2.33 bits per heavy atom. The third kappa shape index (κ3) is 3.04. The molecule has 1 aromatic rings. The number of nitrogens with one attached hydrogen (secondary N) is 1. The Bertz CT molecular complexity index is 743. The molecule has 1 fully saturated rings. The molecule has 0 spiro atoms. The summed E-state index contributed by atoms with van der Waals surface area (Å²) >= 11 is 0. The molecule has 2 heterocycles. The van der Waals surface area contributed by atoms with Crippen LogP contribution in [0.4, 0.5) is 5.69 Å². The SMILES string of the molecule is CNC1CCN(S(=O)(=O)c2cc3c(cc2[N+](=O)[O-])OCCO3)CC1. The van der Waals surface area contributed by atoms with Gasteiger partial charge in [0.15, 0.2) is 16.4 Å². The molecule has 1 aromatic carbocycles. The van der Waals surface area contributed by atoms with E-state index in [0.29, 0.717) is 25.9 Å². The summed E-state index contributed by atoms with van der Waals surface area (Å²) in [5, 5.41) is 14.5. The molecule has 0 aromatic heterocycles. The van der Waals surface area contributed by atoms with Crippen molar-refractivity contribution in [3.8, 4) is 11.5 Å². The summed E-state index contributed by atoms with van der Waals surface area (Å²) in [7, 11) is -2.14. The van der Waals surface area contributed by atoms with Crippen molar-refractivity contribution in [3.63, 3.8) is 0 Å². The van der Waals surface area contributed by atoms with Crippen LogP contribution in [0.1, 0.15) is 12.8 Å². The van der Waals surface area contributed by atoms with E-state index in [1.165, 1.54) is 10.4 Å². The quantitative estimate of drug-likeness (QED) is 0.625. The molecule has 9 nitrogen and oxygen atoms in total. The number of hydrogen-bond donors (Lipinski definition) is 1. The normalized spacial score (nSPS) is 19.2. The Balaban J connectivity index is 1.99. The van der Waals surface area contributed by atoms with Gasteiger partial charge in [-0.05, 0) is 19.9 Å². The van der Waals surface area contributed by atoms with E-state index in [-0.39, 0.29) is 35.7 Å². The number of nitro benzene ring substituents is 1. The Labute approximate surface area is 139 Å². The molecule has 2 aliphatic rings. The lowest BCUT2D eigenvalue weighted by Crippen LogP contribution is -2.44. The van der Waals surface area contributed by atoms with Gasteiger partial charge >= 0.3 is 0 Å². The number of nitro groups is 1. The van der Waals surface area contributed by atoms with Crippen LogP contribution in [-0.2, 0) is 10.0 Å². The minimum Gasteiger partial charge on any atom is -0.486 e. The smallest absolute Gasteiger partial charge is 0.293 e. The molecule has 132 valence electrons. The zero-order valence-electron chi connectivity index (χ0n) is 13.2. The van der Waals surface area contributed by atoms with E-state index in [0.717, 1.165) is 6.07 Å². The van der Waals surface area contributed by atoms with Crippen LogP contribution in [0.3, 0.4) is 0 Å². The Hall–Kier alpha value is -1.91. The molecule has 0 unspecified atom stereocenters. The van der Waals surface area contributed by atoms with Gasteiger partial charge < -0.3 is 14.8 Å². The van der Waals surface area contributed by atoms with Gasteiger partial charge in [0.2, 0.25) is 10.0 Å². The Morgan fingerprint density at radius 2 is 1.79 bits per heavy atom. The predicted octanol–water partition coefficient (Wildman–Crippen LogP) is 0.739. The van der Waals surface area contributed by atoms with E-state index < -0.39 is 20.6 Å². The predicted molar refractivity (Wildman–Crippen MR) is 84.9 cm³/mol. The monoisotopic (exact) mass is 357 g/mol. The highest BCUT2D eigenvalue weighted by Crippen LogP contribution is 2.39. The van der Waals surface area contributed by atoms with Gasteiger partial charge in [0, 0.05) is 25.2 Å². The third-order valence-corrected chi connectivity index (χ3v) is 6.23. The van der Waals surface area contributed by atoms with Gasteiger partial charge in [-0.3, -0.25) is 10.1 Å². The third-order valence-electron chi connectivity index (χ3n) is 4.30. The zero-order chi connectivity index (χ0) is 17.3. The lowest BCUT2D eigenvalue weighted by Gasteiger charge is -2.31. The highest BCUT2D eigenvalue weighted by atomic mass is 32.2. The molecule has 0 atom stereocenters. The molecule has 2 aliphatic heterocycles. The first-order valence-corrected chi connectivity index (χ1v) is 9.13. The molecule has 3 rings (SSSR count). The van der Waals surface area contributed by atoms with Crippen LogP contribution >= 0.6 is 0 Å². The number of rotatable bonds is 4. The van der Waals surface area contributed by atoms with Crippen molar-refractivity contribution in [1.82, 2.24) is 9.62 Å². The van der Waals surface area contributed by atoms with Crippen LogP contribution < -0.4 is 14.8 Å². The van der Waals surface area contributed by atoms with Crippen LogP contribution in [0, 0.1) is 10.1 Å². The Morgan fingerprint density at radius 1 is 1.21 bits per heavy atom. The summed E-state index contributed by atoms with van der Waals surface area (Å²) in [6.45, 7) is 1.19. The van der Waals surface area contributed by atoms with Crippen LogP contribution in [0.15, 0.2) is 17.0 Å². The van der Waals surface area contributed by atoms with Crippen molar-refractivity contribution in [2.24, 2.45) is 0 Å². The van der Waals surface area contributed by atoms with Crippen molar-refractivity contribution in [2.45, 2.75) is 23.8 Å². The first kappa shape index (κ1) is 16.9. The zero-order valence-corrected chi connectivity index (χ0v) is 14.0. The number of sulfonamides is 1. The van der Waals surface area contributed by atoms with Crippen molar-refractivity contribution in [2.75, 3.05) is 33.4 Å². The standard InChI is InChI=1S/C14H19N3O6S/c1-15-10-2-4-16(5-3-10)24(20,21)14-9-13-12(22-6-7-23-13)8-11(14)17(18)19/h8-10,15H,2-7H2,1H3. The molecule has 1 saturated heterocycles. The first-order valence-electron chi connectivity index (χ1n) is 7.69. The van der Waals surface area contributed by atoms with Crippen LogP contribution in [0.5, 0.6) is 11.5 Å². The fourth-order valence-corrected chi connectivity index (χ4v) is 4.56. The van der Waals surface area contributed by atoms with Gasteiger partial charge in [-0.25, -0.2) is 8.42 Å². The van der Waals surface area contributed by atoms with Crippen molar-refractivity contribution in [1.29, 1.82) is 0 Å². The van der Waals surface area contributed by atoms with E-state index in [1.54, 1.807) is 0 Å². The van der Waals surface area contributed by atoms with Gasteiger partial charge in [-0.15, -0.1) is 0 Å². The van der Waals surface area contributed by atoms with E-state index in [4.69, 9.17) is 9.47 Å². The molecule has 0 saturated carbocycles. The second-order valence-corrected chi connectivity index (χ2v) is 7.59. The highest BCUT2D eigenvalue weighted by Gasteiger charge is 2.36. The van der Waals surface area contributed by atoms with Crippen LogP contribution in [0.2, 0.25) is 0 Å². The van der Waals surface area contributed by atoms with Gasteiger partial charge in [0.25, 0.3) is 5.69 Å². The first-order chi connectivity index (χ1) is 11.4. The summed E-state index contributed by atoms with van der Waals surface area (Å²) in [6.07, 6.45) is 1.32. The minimum absolute atomic E-state index is 0.195. The summed E-state index contributed by atoms with van der Waals surface area (Å²) < 4.78 is 37.8. The highest BCUT2D eigenvalue weighted by molar-refractivity contribution is 7.89. The summed E-state index contributed by atoms with van der Waals surface area (Å²) in [5.41, 5.74) is -0.491. The van der Waals surface area contributed by atoms with Gasteiger partial charge in [0.1, 0.15) is 13.2 Å². The molecule has 0 radical (unpaired) electrons. The molecule has 0 amide bonds. The number of hydrogen-bond acceptors (Lipinski definition) is 7. The largest absolute Gasteiger partial charge is 0.486 e. The number of piperidine rings is 1. The van der Waals surface area contributed by atoms with E-state index in [9.17, 15) is 18.5 Å². The average Bonchev–Trinajstić information content (AvgIpc) is 2.60. The van der Waals surface area contributed by atoms with Crippen molar-refractivity contribution in [3.05, 3.63) is 22.2 Å². The topological polar surface area (TPSA) is 111 Å². The van der Waals surface area contributed by atoms with E-state index in [2.05, 4.69) is 5.32 Å². The van der Waals surface area contributed by atoms with Gasteiger partial charge in [-0.2, -0.15) is 4.31 Å². The molecule has 0 aliphatic carbocycles. The molecule has 10 heteroatoms. The van der Waals surface area contributed by atoms with Crippen LogP contribution in [-0.4, -0.2) is 57.0 Å². The maximum Gasteiger partial charge on any atom is 0.293 e. The van der Waals surface area contributed by atoms with E-state index >= 15 is 0 Å². The van der Waals surface area contributed by atoms with Crippen LogP contribution in [0.25, 0.3) is 0 Å². The van der Waals surface area contributed by atoms with Crippen molar-refractivity contribution >= 4 is 15.7 Å². The lowest BCUT2D eigenvalue weighted by atomic mass is 10.1. The fraction of sp³-hybridized carbons (Fsp3) is 0.571. The number of fused-ring (bicyclic) bond motifs is 1. The molecular formula is C14H19N3O6S. The lowest BCUT2D eigenvalue weighted by molar-refractivity contribution is -0.388. The molecule has 24 heavy (non-hydrogen) atoms. The summed E-state index contributed by atoms with van der Waals surface area (Å²) in [4.78, 5) is 10.3. The average molecular weight is 357 g/mol. The number of benzene rings is 1. The number of nitrogens with zero attached hydrogens (tertiary/aromatic N) is 2.